The van der Waals surface area contributed by atoms with Gasteiger partial charge in [0.25, 0.3) is 0 Å². The lowest BCUT2D eigenvalue weighted by Crippen LogP contribution is -2.34. The van der Waals surface area contributed by atoms with Crippen molar-refractivity contribution >= 4 is 28.4 Å². The number of piperidine rings is 1. The molecule has 5 aromatic rings. The third-order valence-electron chi connectivity index (χ3n) is 7.37. The normalized spacial score (nSPS) is 14.3. The van der Waals surface area contributed by atoms with Gasteiger partial charge in [0.2, 0.25) is 5.91 Å². The number of nitrogens with two attached hydrogens (primary N) is 1. The molecule has 1 saturated heterocycles. The van der Waals surface area contributed by atoms with Crippen molar-refractivity contribution in [1.82, 2.24) is 24.6 Å². The number of amides is 1. The number of benzene rings is 3. The predicted molar refractivity (Wildman–Crippen MR) is 156 cm³/mol. The molecule has 0 atom stereocenters. The van der Waals surface area contributed by atoms with E-state index in [1.807, 2.05) is 42.6 Å². The fraction of sp³-hybridized carbons (Fsp3) is 0.226. The molecule has 9 heteroatoms. The highest BCUT2D eigenvalue weighted by atomic mass is 16.5. The second kappa shape index (κ2) is 11.2. The van der Waals surface area contributed by atoms with Gasteiger partial charge in [0, 0.05) is 36.4 Å². The van der Waals surface area contributed by atoms with Gasteiger partial charge < -0.3 is 15.8 Å². The van der Waals surface area contributed by atoms with Gasteiger partial charge >= 0.3 is 0 Å². The Morgan fingerprint density at radius 1 is 1.00 bits per heavy atom. The van der Waals surface area contributed by atoms with Crippen LogP contribution in [0.5, 0.6) is 5.75 Å². The van der Waals surface area contributed by atoms with E-state index in [-0.39, 0.29) is 6.04 Å². The van der Waals surface area contributed by atoms with Crippen LogP contribution < -0.4 is 15.8 Å². The first kappa shape index (κ1) is 25.5. The van der Waals surface area contributed by atoms with Gasteiger partial charge in [0.1, 0.15) is 11.6 Å². The quantitative estimate of drug-likeness (QED) is 0.283. The van der Waals surface area contributed by atoms with Gasteiger partial charge in [0.05, 0.1) is 24.7 Å². The van der Waals surface area contributed by atoms with Crippen LogP contribution in [0, 0.1) is 0 Å². The van der Waals surface area contributed by atoms with Crippen molar-refractivity contribution in [3.05, 3.63) is 96.2 Å². The molecule has 1 amide bonds. The van der Waals surface area contributed by atoms with E-state index in [0.29, 0.717) is 17.2 Å². The number of primary amides is 1. The third-order valence-corrected chi connectivity index (χ3v) is 7.37. The Labute approximate surface area is 232 Å². The summed E-state index contributed by atoms with van der Waals surface area (Å²) in [6, 6.07) is 25.6. The molecule has 3 heterocycles. The van der Waals surface area contributed by atoms with Crippen molar-refractivity contribution in [2.24, 2.45) is 5.73 Å². The van der Waals surface area contributed by atoms with E-state index in [0.717, 1.165) is 60.5 Å². The van der Waals surface area contributed by atoms with Crippen LogP contribution in [-0.2, 0) is 6.54 Å². The Kier molecular flexibility index (Phi) is 7.11. The number of aromatic nitrogens is 4. The summed E-state index contributed by atoms with van der Waals surface area (Å²) in [6.07, 6.45) is 3.81. The summed E-state index contributed by atoms with van der Waals surface area (Å²) in [5.41, 5.74) is 9.61. The highest BCUT2D eigenvalue weighted by Crippen LogP contribution is 2.32. The number of nitrogens with one attached hydrogen (secondary N) is 1. The van der Waals surface area contributed by atoms with Gasteiger partial charge in [0.15, 0.2) is 11.5 Å². The van der Waals surface area contributed by atoms with Crippen LogP contribution in [0.4, 0.5) is 11.5 Å². The number of fused-ring (bicyclic) bond motifs is 1. The molecule has 9 nitrogen and oxygen atoms in total. The van der Waals surface area contributed by atoms with Crippen molar-refractivity contribution in [2.75, 3.05) is 25.5 Å². The Balaban J connectivity index is 1.32. The van der Waals surface area contributed by atoms with E-state index < -0.39 is 5.91 Å². The first-order valence-electron chi connectivity index (χ1n) is 13.4. The molecule has 0 aliphatic carbocycles. The number of rotatable bonds is 8. The Hall–Kier alpha value is -4.76. The van der Waals surface area contributed by atoms with Crippen LogP contribution in [0.1, 0.15) is 34.8 Å². The number of likely N-dealkylation sites (tertiary alicyclic amines) is 1. The molecule has 3 aromatic carbocycles. The molecule has 2 aromatic heterocycles. The van der Waals surface area contributed by atoms with Crippen LogP contribution in [0.2, 0.25) is 0 Å². The van der Waals surface area contributed by atoms with E-state index in [1.54, 1.807) is 19.2 Å². The smallest absolute Gasteiger partial charge is 0.248 e. The van der Waals surface area contributed by atoms with Gasteiger partial charge in [-0.3, -0.25) is 9.69 Å². The fourth-order valence-corrected chi connectivity index (χ4v) is 5.20. The molecule has 1 aliphatic heterocycles. The number of hydrogen-bond acceptors (Lipinski definition) is 7. The average Bonchev–Trinajstić information content (AvgIpc) is 3.43. The zero-order valence-electron chi connectivity index (χ0n) is 22.3. The molecule has 0 saturated carbocycles. The SMILES string of the molecule is COc1cccc(-c2nc(Nc3ccc(C(N)=O)cc3)c3cnn(C4CCN(Cc5ccccc5)CC4)c3n2)c1. The molecule has 202 valence electrons. The van der Waals surface area contributed by atoms with E-state index in [9.17, 15) is 4.79 Å². The Morgan fingerprint density at radius 2 is 1.77 bits per heavy atom. The zero-order valence-corrected chi connectivity index (χ0v) is 22.3. The highest BCUT2D eigenvalue weighted by Gasteiger charge is 2.25. The summed E-state index contributed by atoms with van der Waals surface area (Å²) in [4.78, 5) is 23.9. The van der Waals surface area contributed by atoms with Crippen LogP contribution in [0.3, 0.4) is 0 Å². The summed E-state index contributed by atoms with van der Waals surface area (Å²) in [5.74, 6) is 1.48. The maximum atomic E-state index is 11.5. The molecule has 0 radical (unpaired) electrons. The van der Waals surface area contributed by atoms with Gasteiger partial charge in [-0.25, -0.2) is 14.6 Å². The molecule has 0 unspecified atom stereocenters. The van der Waals surface area contributed by atoms with Crippen LogP contribution in [0.25, 0.3) is 22.4 Å². The van der Waals surface area contributed by atoms with Gasteiger partial charge in [-0.1, -0.05) is 42.5 Å². The highest BCUT2D eigenvalue weighted by molar-refractivity contribution is 5.94. The summed E-state index contributed by atoms with van der Waals surface area (Å²) in [7, 11) is 1.64. The number of hydrogen-bond donors (Lipinski definition) is 2. The minimum absolute atomic E-state index is 0.236. The molecular weight excluding hydrogens is 502 g/mol. The van der Waals surface area contributed by atoms with Crippen molar-refractivity contribution in [3.8, 4) is 17.1 Å². The maximum Gasteiger partial charge on any atom is 0.248 e. The Bertz CT molecular complexity index is 1630. The molecular formula is C31H31N7O2. The number of carbonyl (C=O) groups is 1. The van der Waals surface area contributed by atoms with E-state index >= 15 is 0 Å². The predicted octanol–water partition coefficient (Wildman–Crippen LogP) is 5.18. The van der Waals surface area contributed by atoms with E-state index in [1.165, 1.54) is 5.56 Å². The van der Waals surface area contributed by atoms with Gasteiger partial charge in [-0.05, 0) is 54.8 Å². The third kappa shape index (κ3) is 5.37. The largest absolute Gasteiger partial charge is 0.497 e. The van der Waals surface area contributed by atoms with Crippen LogP contribution >= 0.6 is 0 Å². The lowest BCUT2D eigenvalue weighted by atomic mass is 10.0. The summed E-state index contributed by atoms with van der Waals surface area (Å²) >= 11 is 0. The summed E-state index contributed by atoms with van der Waals surface area (Å²) in [6.45, 7) is 2.94. The summed E-state index contributed by atoms with van der Waals surface area (Å²) in [5, 5.41) is 9.04. The first-order chi connectivity index (χ1) is 19.6. The Morgan fingerprint density at radius 3 is 2.50 bits per heavy atom. The fourth-order valence-electron chi connectivity index (χ4n) is 5.20. The van der Waals surface area contributed by atoms with E-state index in [2.05, 4.69) is 45.2 Å². The number of carbonyl (C=O) groups excluding carboxylic acids is 1. The lowest BCUT2D eigenvalue weighted by Gasteiger charge is -2.32. The topological polar surface area (TPSA) is 111 Å². The average molecular weight is 534 g/mol. The minimum Gasteiger partial charge on any atom is -0.497 e. The van der Waals surface area contributed by atoms with Gasteiger partial charge in [-0.15, -0.1) is 0 Å². The van der Waals surface area contributed by atoms with Crippen molar-refractivity contribution < 1.29 is 9.53 Å². The van der Waals surface area contributed by atoms with E-state index in [4.69, 9.17) is 25.5 Å². The molecule has 1 aliphatic rings. The van der Waals surface area contributed by atoms with Crippen LogP contribution in [-0.4, -0.2) is 50.8 Å². The molecule has 0 spiro atoms. The van der Waals surface area contributed by atoms with Gasteiger partial charge in [-0.2, -0.15) is 5.10 Å². The number of ether oxygens (including phenoxy) is 1. The zero-order chi connectivity index (χ0) is 27.5. The molecule has 3 N–H and O–H groups in total. The number of methoxy groups -OCH3 is 1. The maximum absolute atomic E-state index is 11.5. The minimum atomic E-state index is -0.465. The van der Waals surface area contributed by atoms with Crippen LogP contribution in [0.15, 0.2) is 85.1 Å². The second-order valence-electron chi connectivity index (χ2n) is 10.0. The number of nitrogens with zero attached hydrogens (tertiary/aromatic N) is 5. The molecule has 0 bridgehead atoms. The standard InChI is InChI=1S/C31H31N7O2/c1-40-26-9-5-8-23(18-26)29-35-30(34-24-12-10-22(11-13-24)28(32)39)27-19-33-38(31(27)36-29)25-14-16-37(17-15-25)20-21-6-3-2-4-7-21/h2-13,18-19,25H,14-17,20H2,1H3,(H2,32,39)(H,34,35,36). The van der Waals surface area contributed by atoms with Crippen molar-refractivity contribution in [3.63, 3.8) is 0 Å². The monoisotopic (exact) mass is 533 g/mol. The molecule has 1 fully saturated rings. The summed E-state index contributed by atoms with van der Waals surface area (Å²) < 4.78 is 7.50. The second-order valence-corrected chi connectivity index (χ2v) is 10.0. The molecule has 6 rings (SSSR count). The molecule has 40 heavy (non-hydrogen) atoms. The number of anilines is 2. The van der Waals surface area contributed by atoms with Crippen molar-refractivity contribution in [2.45, 2.75) is 25.4 Å². The lowest BCUT2D eigenvalue weighted by molar-refractivity contribution is 0.100. The first-order valence-corrected chi connectivity index (χ1v) is 13.4. The van der Waals surface area contributed by atoms with Crippen molar-refractivity contribution in [1.29, 1.82) is 0 Å².